The highest BCUT2D eigenvalue weighted by atomic mass is 35.5. The monoisotopic (exact) mass is 203 g/mol. The van der Waals surface area contributed by atoms with Crippen molar-refractivity contribution < 1.29 is 26.8 Å². The Labute approximate surface area is 84.4 Å². The lowest BCUT2D eigenvalue weighted by Gasteiger charge is -2.05. The molecule has 0 bridgehead atoms. The van der Waals surface area contributed by atoms with Gasteiger partial charge in [-0.2, -0.15) is 4.57 Å². The second kappa shape index (κ2) is 6.83. The van der Waals surface area contributed by atoms with Gasteiger partial charge in [-0.15, -0.1) is 0 Å². The molecule has 0 aliphatic heterocycles. The molecule has 74 valence electrons. The van der Waals surface area contributed by atoms with Gasteiger partial charge in [0.2, 0.25) is 6.29 Å². The molecule has 0 amide bonds. The largest absolute Gasteiger partial charge is 1.00 e. The van der Waals surface area contributed by atoms with Crippen molar-refractivity contribution in [3.63, 3.8) is 0 Å². The Kier molecular flexibility index (Phi) is 6.49. The van der Waals surface area contributed by atoms with Crippen LogP contribution in [0, 0.1) is 0 Å². The van der Waals surface area contributed by atoms with E-state index in [1.807, 2.05) is 42.1 Å². The fraction of sp³-hybridized carbons (Fsp3) is 0.444. The molecule has 0 fully saturated rings. The number of ether oxygens (including phenoxy) is 1. The van der Waals surface area contributed by atoms with E-state index in [0.29, 0.717) is 13.2 Å². The molecule has 3 nitrogen and oxygen atoms in total. The maximum atomic E-state index is 9.26. The van der Waals surface area contributed by atoms with E-state index in [2.05, 4.69) is 0 Å². The smallest absolute Gasteiger partial charge is 0.215 e. The fourth-order valence-corrected chi connectivity index (χ4v) is 0.981. The van der Waals surface area contributed by atoms with Crippen LogP contribution in [0.3, 0.4) is 0 Å². The fourth-order valence-electron chi connectivity index (χ4n) is 0.981. The number of nitrogens with zero attached hydrogens (tertiary/aromatic N) is 1. The van der Waals surface area contributed by atoms with Crippen LogP contribution in [0.4, 0.5) is 0 Å². The molecule has 1 heterocycles. The Hall–Kier alpha value is -0.640. The predicted octanol–water partition coefficient (Wildman–Crippen LogP) is -2.67. The number of pyridine rings is 1. The van der Waals surface area contributed by atoms with E-state index >= 15 is 0 Å². The minimum atomic E-state index is -0.706. The number of halogens is 1. The first-order valence-electron chi connectivity index (χ1n) is 4.06. The Morgan fingerprint density at radius 3 is 2.46 bits per heavy atom. The molecule has 1 aromatic rings. The Balaban J connectivity index is 0.00000144. The lowest BCUT2D eigenvalue weighted by molar-refractivity contribution is -0.710. The van der Waals surface area contributed by atoms with Crippen molar-refractivity contribution in [1.82, 2.24) is 0 Å². The van der Waals surface area contributed by atoms with Gasteiger partial charge in [-0.05, 0) is 6.92 Å². The number of aliphatic hydroxyl groups is 1. The van der Waals surface area contributed by atoms with Crippen molar-refractivity contribution in [3.8, 4) is 0 Å². The molecule has 0 saturated heterocycles. The van der Waals surface area contributed by atoms with Crippen LogP contribution in [-0.2, 0) is 11.3 Å². The van der Waals surface area contributed by atoms with Gasteiger partial charge in [0.25, 0.3) is 0 Å². The minimum Gasteiger partial charge on any atom is -1.00 e. The first-order chi connectivity index (χ1) is 5.83. The van der Waals surface area contributed by atoms with Gasteiger partial charge in [-0.3, -0.25) is 0 Å². The highest BCUT2D eigenvalue weighted by Crippen LogP contribution is 1.86. The quantitative estimate of drug-likeness (QED) is 0.428. The van der Waals surface area contributed by atoms with Gasteiger partial charge in [0.1, 0.15) is 0 Å². The average molecular weight is 204 g/mol. The van der Waals surface area contributed by atoms with Crippen LogP contribution in [0.15, 0.2) is 30.6 Å². The number of hydrogen-bond donors (Lipinski definition) is 1. The van der Waals surface area contributed by atoms with Crippen LogP contribution in [0.2, 0.25) is 0 Å². The molecule has 0 aromatic carbocycles. The molecule has 0 spiro atoms. The third-order valence-electron chi connectivity index (χ3n) is 1.50. The topological polar surface area (TPSA) is 33.3 Å². The summed E-state index contributed by atoms with van der Waals surface area (Å²) in [7, 11) is 0. The molecule has 0 aliphatic rings. The van der Waals surface area contributed by atoms with E-state index in [1.54, 1.807) is 0 Å². The second-order valence-corrected chi connectivity index (χ2v) is 2.48. The summed E-state index contributed by atoms with van der Waals surface area (Å²) >= 11 is 0. The van der Waals surface area contributed by atoms with Crippen LogP contribution in [0.25, 0.3) is 0 Å². The van der Waals surface area contributed by atoms with E-state index in [1.165, 1.54) is 0 Å². The maximum absolute atomic E-state index is 9.26. The first kappa shape index (κ1) is 12.4. The molecule has 1 N–H and O–H groups in total. The van der Waals surface area contributed by atoms with Gasteiger partial charge in [-0.25, -0.2) is 0 Å². The second-order valence-electron chi connectivity index (χ2n) is 2.48. The molecule has 0 aliphatic carbocycles. The zero-order valence-electron chi connectivity index (χ0n) is 7.56. The maximum Gasteiger partial charge on any atom is 0.215 e. The van der Waals surface area contributed by atoms with Gasteiger partial charge in [0.05, 0.1) is 0 Å². The summed E-state index contributed by atoms with van der Waals surface area (Å²) in [6.07, 6.45) is 3.08. The molecule has 0 saturated carbocycles. The zero-order chi connectivity index (χ0) is 8.81. The van der Waals surface area contributed by atoms with Crippen molar-refractivity contribution in [2.75, 3.05) is 6.61 Å². The van der Waals surface area contributed by atoms with Gasteiger partial charge in [0.15, 0.2) is 18.9 Å². The predicted molar refractivity (Wildman–Crippen MR) is 44.3 cm³/mol. The van der Waals surface area contributed by atoms with Gasteiger partial charge < -0.3 is 22.3 Å². The Bertz CT molecular complexity index is 218. The molecule has 0 radical (unpaired) electrons. The molecular formula is C9H14ClNO2. The third-order valence-corrected chi connectivity index (χ3v) is 1.50. The summed E-state index contributed by atoms with van der Waals surface area (Å²) in [4.78, 5) is 0. The zero-order valence-corrected chi connectivity index (χ0v) is 8.31. The van der Waals surface area contributed by atoms with Gasteiger partial charge >= 0.3 is 0 Å². The first-order valence-corrected chi connectivity index (χ1v) is 4.06. The van der Waals surface area contributed by atoms with Crippen molar-refractivity contribution >= 4 is 0 Å². The summed E-state index contributed by atoms with van der Waals surface area (Å²) in [6, 6.07) is 5.76. The van der Waals surface area contributed by atoms with Gasteiger partial charge in [-0.1, -0.05) is 6.07 Å². The summed E-state index contributed by atoms with van der Waals surface area (Å²) in [5.41, 5.74) is 0. The van der Waals surface area contributed by atoms with Crippen LogP contribution in [-0.4, -0.2) is 18.0 Å². The molecule has 1 unspecified atom stereocenters. The summed E-state index contributed by atoms with van der Waals surface area (Å²) < 4.78 is 6.86. The van der Waals surface area contributed by atoms with Crippen LogP contribution < -0.4 is 17.0 Å². The minimum absolute atomic E-state index is 0. The standard InChI is InChI=1S/C9H14NO2.ClH/c1-2-12-9(11)8-10-6-4-3-5-7-10;/h3-7,9,11H,2,8H2,1H3;1H/q+1;/p-1. The van der Waals surface area contributed by atoms with E-state index in [9.17, 15) is 5.11 Å². The number of rotatable bonds is 4. The molecule has 4 heteroatoms. The lowest BCUT2D eigenvalue weighted by atomic mass is 10.4. The summed E-state index contributed by atoms with van der Waals surface area (Å²) in [6.45, 7) is 2.88. The van der Waals surface area contributed by atoms with E-state index in [0.717, 1.165) is 0 Å². The van der Waals surface area contributed by atoms with Crippen LogP contribution >= 0.6 is 0 Å². The number of aliphatic hydroxyl groups excluding tert-OH is 1. The van der Waals surface area contributed by atoms with Crippen molar-refractivity contribution in [3.05, 3.63) is 30.6 Å². The van der Waals surface area contributed by atoms with E-state index in [-0.39, 0.29) is 12.4 Å². The SMILES string of the molecule is CCOC(O)C[n+]1ccccc1.[Cl-]. The molecular weight excluding hydrogens is 190 g/mol. The van der Waals surface area contributed by atoms with Crippen LogP contribution in [0.1, 0.15) is 6.92 Å². The van der Waals surface area contributed by atoms with Crippen molar-refractivity contribution in [2.45, 2.75) is 19.8 Å². The Morgan fingerprint density at radius 2 is 1.92 bits per heavy atom. The van der Waals surface area contributed by atoms with Crippen molar-refractivity contribution in [2.24, 2.45) is 0 Å². The van der Waals surface area contributed by atoms with E-state index < -0.39 is 6.29 Å². The highest BCUT2D eigenvalue weighted by molar-refractivity contribution is 4.83. The summed E-state index contributed by atoms with van der Waals surface area (Å²) in [5.74, 6) is 0. The molecule has 13 heavy (non-hydrogen) atoms. The van der Waals surface area contributed by atoms with Gasteiger partial charge in [0, 0.05) is 18.7 Å². The number of hydrogen-bond acceptors (Lipinski definition) is 2. The molecule has 1 atom stereocenters. The van der Waals surface area contributed by atoms with Crippen LogP contribution in [0.5, 0.6) is 0 Å². The molecule has 1 aromatic heterocycles. The van der Waals surface area contributed by atoms with Crippen molar-refractivity contribution in [1.29, 1.82) is 0 Å². The summed E-state index contributed by atoms with van der Waals surface area (Å²) in [5, 5.41) is 9.26. The van der Waals surface area contributed by atoms with E-state index in [4.69, 9.17) is 4.74 Å². The average Bonchev–Trinajstić information content (AvgIpc) is 2.06. The highest BCUT2D eigenvalue weighted by Gasteiger charge is 2.08. The lowest BCUT2D eigenvalue weighted by Crippen LogP contribution is -3.00. The molecule has 1 rings (SSSR count). The number of aromatic nitrogens is 1. The third kappa shape index (κ3) is 4.83. The Morgan fingerprint density at radius 1 is 1.31 bits per heavy atom. The normalized spacial score (nSPS) is 11.8.